The number of carbonyl (C=O) groups excluding carboxylic acids is 10. The lowest BCUT2D eigenvalue weighted by Gasteiger charge is -2.32. The van der Waals surface area contributed by atoms with Gasteiger partial charge in [0.25, 0.3) is 0 Å². The number of nitrogens with two attached hydrogens (primary N) is 2. The molecular formula is C47H73N11O16. The summed E-state index contributed by atoms with van der Waals surface area (Å²) in [5, 5.41) is 58.7. The zero-order valence-electron chi connectivity index (χ0n) is 42.5. The molecule has 0 radical (unpaired) electrons. The first kappa shape index (κ1) is 62.9. The fraction of sp³-hybridized carbons (Fsp3) is 0.617. The number of benzene rings is 1. The van der Waals surface area contributed by atoms with Crippen LogP contribution in [-0.4, -0.2) is 176 Å². The number of carbonyl (C=O) groups is 12. The van der Waals surface area contributed by atoms with E-state index in [-0.39, 0.29) is 31.7 Å². The molecule has 0 aliphatic carbocycles. The minimum Gasteiger partial charge on any atom is -0.481 e. The Bertz CT molecular complexity index is 2180. The number of aliphatic hydroxyl groups is 2. The van der Waals surface area contributed by atoms with E-state index in [1.54, 1.807) is 58.0 Å². The first-order chi connectivity index (χ1) is 34.6. The van der Waals surface area contributed by atoms with Gasteiger partial charge in [-0.15, -0.1) is 0 Å². The minimum absolute atomic E-state index is 0.000670. The van der Waals surface area contributed by atoms with Gasteiger partial charge in [0.1, 0.15) is 54.4 Å². The minimum atomic E-state index is -1.74. The lowest BCUT2D eigenvalue weighted by atomic mass is 10.0. The Morgan fingerprint density at radius 3 is 1.58 bits per heavy atom. The van der Waals surface area contributed by atoms with Gasteiger partial charge in [-0.2, -0.15) is 0 Å². The molecule has 27 nitrogen and oxygen atoms in total. The van der Waals surface area contributed by atoms with Crippen molar-refractivity contribution in [2.45, 2.75) is 160 Å². The largest absolute Gasteiger partial charge is 0.481 e. The highest BCUT2D eigenvalue weighted by Gasteiger charge is 2.42. The van der Waals surface area contributed by atoms with Crippen LogP contribution in [0.2, 0.25) is 0 Å². The molecule has 0 spiro atoms. The van der Waals surface area contributed by atoms with Crippen LogP contribution in [0.4, 0.5) is 0 Å². The van der Waals surface area contributed by atoms with E-state index < -0.39 is 169 Å². The molecule has 0 bridgehead atoms. The summed E-state index contributed by atoms with van der Waals surface area (Å²) in [6.45, 7) is 9.24. The summed E-state index contributed by atoms with van der Waals surface area (Å²) >= 11 is 0. The fourth-order valence-electron chi connectivity index (χ4n) is 7.43. The average Bonchev–Trinajstić information content (AvgIpc) is 3.83. The first-order valence-electron chi connectivity index (χ1n) is 24.1. The van der Waals surface area contributed by atoms with Crippen molar-refractivity contribution in [2.75, 3.05) is 13.2 Å². The number of likely N-dealkylation sites (tertiary alicyclic amines) is 1. The third-order valence-electron chi connectivity index (χ3n) is 12.0. The number of aliphatic hydroxyl groups excluding tert-OH is 2. The Hall–Kier alpha value is -7.26. The fourth-order valence-corrected chi connectivity index (χ4v) is 7.43. The second-order valence-corrected chi connectivity index (χ2v) is 18.8. The van der Waals surface area contributed by atoms with Gasteiger partial charge in [-0.3, -0.25) is 52.7 Å². The Morgan fingerprint density at radius 2 is 1.09 bits per heavy atom. The van der Waals surface area contributed by atoms with Crippen LogP contribution in [0, 0.1) is 11.8 Å². The van der Waals surface area contributed by atoms with Crippen LogP contribution >= 0.6 is 0 Å². The molecule has 11 atom stereocenters. The van der Waals surface area contributed by atoms with Crippen LogP contribution in [0.15, 0.2) is 30.3 Å². The predicted molar refractivity (Wildman–Crippen MR) is 261 cm³/mol. The monoisotopic (exact) mass is 1050 g/mol. The van der Waals surface area contributed by atoms with Crippen molar-refractivity contribution >= 4 is 71.0 Å². The molecule has 74 heavy (non-hydrogen) atoms. The van der Waals surface area contributed by atoms with E-state index in [2.05, 4.69) is 42.5 Å². The molecule has 0 unspecified atom stereocenters. The number of carboxylic acids is 2. The maximum absolute atomic E-state index is 14.1. The molecule has 0 saturated carbocycles. The number of carboxylic acid groups (broad SMARTS) is 2. The summed E-state index contributed by atoms with van der Waals surface area (Å²) in [5.74, 6) is -12.9. The van der Waals surface area contributed by atoms with Crippen LogP contribution in [0.3, 0.4) is 0 Å². The standard InChI is InChI=1S/C47H73N11O16/c1-22(2)35(49)45(71)55-31(21-59)43(69)51-24(5)38(64)52-28(15-17-33(48)61)40(66)50-25(6)39(65)54-30(20-27-12-9-8-10-13-27)42(68)53-29(16-18-34(62)63)41(67)57-37(26(7)60)46(72)58-19-11-14-32(58)44(70)56-36(23(3)4)47(73)74/h8-10,12-13,22-26,28-32,35-37,59-60H,11,14-21,49H2,1-7H3,(H2,48,61)(H,50,66)(H,51,69)(H,52,64)(H,53,68)(H,54,65)(H,55,71)(H,56,70)(H,57,67)(H,62,63)(H,73,74)/t24-,25-,26+,28-,29-,30-,31-,32-,35-,36-,37-/m0/s1. The first-order valence-corrected chi connectivity index (χ1v) is 24.1. The van der Waals surface area contributed by atoms with E-state index in [0.29, 0.717) is 12.0 Å². The second-order valence-electron chi connectivity index (χ2n) is 18.8. The van der Waals surface area contributed by atoms with Crippen LogP contribution in [0.1, 0.15) is 92.6 Å². The van der Waals surface area contributed by atoms with Crippen LogP contribution < -0.4 is 54.0 Å². The molecule has 1 aliphatic rings. The van der Waals surface area contributed by atoms with Gasteiger partial charge in [0.2, 0.25) is 59.1 Å². The summed E-state index contributed by atoms with van der Waals surface area (Å²) in [4.78, 5) is 158. The van der Waals surface area contributed by atoms with Gasteiger partial charge in [0, 0.05) is 25.8 Å². The Labute approximate surface area is 427 Å². The lowest BCUT2D eigenvalue weighted by Crippen LogP contribution is -2.61. The molecule has 1 saturated heterocycles. The summed E-state index contributed by atoms with van der Waals surface area (Å²) in [5.41, 5.74) is 11.6. The van der Waals surface area contributed by atoms with Gasteiger partial charge < -0.3 is 79.3 Å². The van der Waals surface area contributed by atoms with E-state index in [1.807, 2.05) is 0 Å². The maximum atomic E-state index is 14.1. The van der Waals surface area contributed by atoms with Gasteiger partial charge in [-0.05, 0) is 63.9 Å². The number of aliphatic carboxylic acids is 2. The SMILES string of the molecule is CC(C)[C@H](N)C(=O)N[C@@H](CO)C(=O)N[C@@H](C)C(=O)N[C@@H](CCC(N)=O)C(=O)N[C@@H](C)C(=O)N[C@@H](Cc1ccccc1)C(=O)N[C@@H](CCC(=O)O)C(=O)N[C@H](C(=O)N1CCC[C@H]1C(=O)N[C@H](C(=O)O)C(C)C)[C@@H](C)O. The topological polar surface area (TPSA) is 437 Å². The number of hydrogen-bond donors (Lipinski definition) is 14. The molecule has 412 valence electrons. The smallest absolute Gasteiger partial charge is 0.326 e. The van der Waals surface area contributed by atoms with Gasteiger partial charge in [-0.25, -0.2) is 4.79 Å². The molecular weight excluding hydrogens is 975 g/mol. The Morgan fingerprint density at radius 1 is 0.608 bits per heavy atom. The molecule has 1 fully saturated rings. The van der Waals surface area contributed by atoms with Crippen molar-refractivity contribution in [3.05, 3.63) is 35.9 Å². The van der Waals surface area contributed by atoms with Crippen molar-refractivity contribution in [1.82, 2.24) is 47.4 Å². The van der Waals surface area contributed by atoms with Crippen LogP contribution in [0.25, 0.3) is 0 Å². The Balaban J connectivity index is 2.33. The summed E-state index contributed by atoms with van der Waals surface area (Å²) < 4.78 is 0. The van der Waals surface area contributed by atoms with Crippen molar-refractivity contribution < 1.29 is 78.0 Å². The normalized spacial score (nSPS) is 17.3. The van der Waals surface area contributed by atoms with Gasteiger partial charge in [0.15, 0.2) is 0 Å². The summed E-state index contributed by atoms with van der Waals surface area (Å²) in [7, 11) is 0. The zero-order chi connectivity index (χ0) is 56.1. The number of hydrogen-bond acceptors (Lipinski definition) is 15. The third kappa shape index (κ3) is 20.0. The lowest BCUT2D eigenvalue weighted by molar-refractivity contribution is -0.147. The molecule has 27 heteroatoms. The highest BCUT2D eigenvalue weighted by molar-refractivity contribution is 5.99. The van der Waals surface area contributed by atoms with E-state index in [0.717, 1.165) is 4.90 Å². The van der Waals surface area contributed by atoms with Crippen molar-refractivity contribution in [3.63, 3.8) is 0 Å². The van der Waals surface area contributed by atoms with E-state index in [9.17, 15) is 78.0 Å². The van der Waals surface area contributed by atoms with Gasteiger partial charge in [-0.1, -0.05) is 58.0 Å². The zero-order valence-corrected chi connectivity index (χ0v) is 42.5. The number of amides is 10. The quantitative estimate of drug-likeness (QED) is 0.0345. The predicted octanol–water partition coefficient (Wildman–Crippen LogP) is -4.63. The molecule has 1 aromatic rings. The molecule has 10 amide bonds. The molecule has 16 N–H and O–H groups in total. The van der Waals surface area contributed by atoms with E-state index in [4.69, 9.17) is 11.5 Å². The maximum Gasteiger partial charge on any atom is 0.326 e. The average molecular weight is 1050 g/mol. The van der Waals surface area contributed by atoms with Crippen molar-refractivity contribution in [1.29, 1.82) is 0 Å². The van der Waals surface area contributed by atoms with Gasteiger partial charge in [0.05, 0.1) is 18.8 Å². The number of nitrogens with one attached hydrogen (secondary N) is 8. The Kier molecular flexibility index (Phi) is 25.5. The molecule has 1 aliphatic heterocycles. The van der Waals surface area contributed by atoms with E-state index in [1.165, 1.54) is 20.8 Å². The summed E-state index contributed by atoms with van der Waals surface area (Å²) in [6.07, 6.45) is -3.45. The van der Waals surface area contributed by atoms with E-state index >= 15 is 0 Å². The molecule has 0 aromatic heterocycles. The molecule has 1 heterocycles. The number of rotatable bonds is 30. The number of nitrogens with zero attached hydrogens (tertiary/aromatic N) is 1. The van der Waals surface area contributed by atoms with Crippen molar-refractivity contribution in [3.8, 4) is 0 Å². The highest BCUT2D eigenvalue weighted by atomic mass is 16.4. The van der Waals surface area contributed by atoms with Crippen molar-refractivity contribution in [2.24, 2.45) is 23.3 Å². The molecule has 2 rings (SSSR count). The van der Waals surface area contributed by atoms with Gasteiger partial charge >= 0.3 is 11.9 Å². The second kappa shape index (κ2) is 30.1. The highest BCUT2D eigenvalue weighted by Crippen LogP contribution is 2.21. The summed E-state index contributed by atoms with van der Waals surface area (Å²) in [6, 6.07) is -6.19. The third-order valence-corrected chi connectivity index (χ3v) is 12.0. The number of primary amides is 1. The van der Waals surface area contributed by atoms with Crippen LogP contribution in [-0.2, 0) is 64.0 Å². The molecule has 1 aromatic carbocycles. The van der Waals surface area contributed by atoms with Crippen LogP contribution in [0.5, 0.6) is 0 Å².